The van der Waals surface area contributed by atoms with Gasteiger partial charge < -0.3 is 9.05 Å². The largest absolute Gasteiger partial charge is 0.362 e. The Labute approximate surface area is 171 Å². The lowest BCUT2D eigenvalue weighted by Gasteiger charge is -2.21. The predicted octanol–water partition coefficient (Wildman–Crippen LogP) is 6.85. The Morgan fingerprint density at radius 3 is 1.89 bits per heavy atom. The zero-order valence-corrected chi connectivity index (χ0v) is 18.6. The van der Waals surface area contributed by atoms with Gasteiger partial charge >= 0.3 is 7.60 Å². The Morgan fingerprint density at radius 1 is 0.893 bits per heavy atom. The third-order valence-corrected chi connectivity index (χ3v) is 6.69. The number of allylic oxidation sites excluding steroid dienone is 1. The number of rotatable bonds is 17. The molecule has 0 aliphatic carbocycles. The van der Waals surface area contributed by atoms with E-state index < -0.39 is 7.60 Å². The van der Waals surface area contributed by atoms with Gasteiger partial charge in [0.15, 0.2) is 5.78 Å². The molecule has 4 nitrogen and oxygen atoms in total. The van der Waals surface area contributed by atoms with Crippen LogP contribution in [0, 0.1) is 0 Å². The van der Waals surface area contributed by atoms with Gasteiger partial charge in [-0.15, -0.1) is 0 Å². The molecule has 1 aromatic carbocycles. The van der Waals surface area contributed by atoms with Gasteiger partial charge in [0.1, 0.15) is 0 Å². The van der Waals surface area contributed by atoms with Crippen molar-refractivity contribution in [2.45, 2.75) is 78.1 Å². The quantitative estimate of drug-likeness (QED) is 0.122. The highest BCUT2D eigenvalue weighted by Crippen LogP contribution is 2.48. The third kappa shape index (κ3) is 8.86. The highest BCUT2D eigenvalue weighted by atomic mass is 31.2. The van der Waals surface area contributed by atoms with Crippen LogP contribution in [0.3, 0.4) is 0 Å². The Kier molecular flexibility index (Phi) is 13.1. The van der Waals surface area contributed by atoms with Gasteiger partial charge in [-0.2, -0.15) is 0 Å². The van der Waals surface area contributed by atoms with E-state index in [1.165, 1.54) is 31.8 Å². The van der Waals surface area contributed by atoms with Crippen LogP contribution in [0.15, 0.2) is 36.9 Å². The maximum atomic E-state index is 13.6. The van der Waals surface area contributed by atoms with Gasteiger partial charge in [-0.25, -0.2) is 0 Å². The summed E-state index contributed by atoms with van der Waals surface area (Å²) in [6.45, 7) is 8.63. The first kappa shape index (κ1) is 24.8. The molecular weight excluding hydrogens is 371 g/mol. The molecule has 0 fully saturated rings. The first-order valence-corrected chi connectivity index (χ1v) is 12.3. The van der Waals surface area contributed by atoms with Crippen LogP contribution in [0.25, 0.3) is 0 Å². The molecule has 0 unspecified atom stereocenters. The molecule has 28 heavy (non-hydrogen) atoms. The van der Waals surface area contributed by atoms with Crippen molar-refractivity contribution in [2.75, 3.05) is 13.2 Å². The summed E-state index contributed by atoms with van der Waals surface area (Å²) in [4.78, 5) is 12.2. The second-order valence-electron chi connectivity index (χ2n) is 7.08. The summed E-state index contributed by atoms with van der Waals surface area (Å²) in [6.07, 6.45) is 12.0. The number of benzene rings is 1. The normalized spacial score (nSPS) is 11.5. The van der Waals surface area contributed by atoms with E-state index in [2.05, 4.69) is 20.4 Å². The Morgan fingerprint density at radius 2 is 1.39 bits per heavy atom. The summed E-state index contributed by atoms with van der Waals surface area (Å²) >= 11 is 0. The molecule has 1 rings (SSSR count). The van der Waals surface area contributed by atoms with Crippen LogP contribution >= 0.6 is 7.60 Å². The molecule has 0 aromatic heterocycles. The number of hydrogen-bond donors (Lipinski definition) is 0. The van der Waals surface area contributed by atoms with Gasteiger partial charge in [-0.05, 0) is 25.0 Å². The molecule has 0 N–H and O–H groups in total. The minimum atomic E-state index is -3.56. The predicted molar refractivity (Wildman–Crippen MR) is 118 cm³/mol. The van der Waals surface area contributed by atoms with E-state index in [-0.39, 0.29) is 5.78 Å². The van der Waals surface area contributed by atoms with Crippen molar-refractivity contribution in [1.29, 1.82) is 0 Å². The lowest BCUT2D eigenvalue weighted by Crippen LogP contribution is -2.19. The van der Waals surface area contributed by atoms with Crippen LogP contribution in [0.1, 0.15) is 88.4 Å². The standard InChI is InChI=1S/C23H37O4P/c1-4-7-9-11-15-19-26-28(25,27-20-16-12-10-8-5-2)23-18-14-13-17-21(23)22(24)6-3/h6,13-14,17-18H,3-5,7-12,15-16,19-20H2,1-2H3. The lowest BCUT2D eigenvalue weighted by atomic mass is 10.1. The zero-order chi connectivity index (χ0) is 20.7. The minimum Gasteiger partial charge on any atom is -0.305 e. The molecule has 1 aromatic rings. The molecule has 0 radical (unpaired) electrons. The highest BCUT2D eigenvalue weighted by Gasteiger charge is 2.31. The number of carbonyl (C=O) groups excluding carboxylic acids is 1. The van der Waals surface area contributed by atoms with Crippen LogP contribution in [0.5, 0.6) is 0 Å². The average Bonchev–Trinajstić information content (AvgIpc) is 2.72. The third-order valence-electron chi connectivity index (χ3n) is 4.67. The smallest absolute Gasteiger partial charge is 0.305 e. The lowest BCUT2D eigenvalue weighted by molar-refractivity contribution is 0.104. The number of ketones is 1. The SMILES string of the molecule is C=CC(=O)c1ccccc1P(=O)(OCCCCCCC)OCCCCCCC. The van der Waals surface area contributed by atoms with E-state index in [9.17, 15) is 9.36 Å². The van der Waals surface area contributed by atoms with E-state index in [1.54, 1.807) is 24.3 Å². The van der Waals surface area contributed by atoms with E-state index in [1.807, 2.05) is 0 Å². The zero-order valence-electron chi connectivity index (χ0n) is 17.7. The summed E-state index contributed by atoms with van der Waals surface area (Å²) < 4.78 is 25.2. The molecular formula is C23H37O4P. The molecule has 0 heterocycles. The Balaban J connectivity index is 2.81. The minimum absolute atomic E-state index is 0.270. The van der Waals surface area contributed by atoms with Crippen molar-refractivity contribution in [1.82, 2.24) is 0 Å². The fourth-order valence-corrected chi connectivity index (χ4v) is 4.83. The topological polar surface area (TPSA) is 52.6 Å². The van der Waals surface area contributed by atoms with Gasteiger partial charge in [0.2, 0.25) is 0 Å². The van der Waals surface area contributed by atoms with Crippen LogP contribution < -0.4 is 5.30 Å². The number of hydrogen-bond acceptors (Lipinski definition) is 4. The second-order valence-corrected chi connectivity index (χ2v) is 9.07. The molecule has 0 saturated carbocycles. The summed E-state index contributed by atoms with van der Waals surface area (Å²) in [6, 6.07) is 6.84. The maximum Gasteiger partial charge on any atom is 0.362 e. The maximum absolute atomic E-state index is 13.6. The van der Waals surface area contributed by atoms with Crippen molar-refractivity contribution in [3.63, 3.8) is 0 Å². The van der Waals surface area contributed by atoms with E-state index in [0.717, 1.165) is 38.5 Å². The number of carbonyl (C=O) groups is 1. The Hall–Kier alpha value is -1.22. The van der Waals surface area contributed by atoms with Crippen LogP contribution in [-0.4, -0.2) is 19.0 Å². The van der Waals surface area contributed by atoms with Crippen molar-refractivity contribution in [3.8, 4) is 0 Å². The summed E-state index contributed by atoms with van der Waals surface area (Å²) in [5.41, 5.74) is 0.345. The molecule has 0 amide bonds. The van der Waals surface area contributed by atoms with Gasteiger partial charge in [-0.1, -0.05) is 90.0 Å². The monoisotopic (exact) mass is 408 g/mol. The van der Waals surface area contributed by atoms with Crippen LogP contribution in [0.4, 0.5) is 0 Å². The van der Waals surface area contributed by atoms with Crippen molar-refractivity contribution in [2.24, 2.45) is 0 Å². The first-order chi connectivity index (χ1) is 13.6. The summed E-state index contributed by atoms with van der Waals surface area (Å²) in [5.74, 6) is -0.270. The Bertz CT molecular complexity index is 607. The average molecular weight is 409 g/mol. The summed E-state index contributed by atoms with van der Waals surface area (Å²) in [7, 11) is -3.56. The van der Waals surface area contributed by atoms with E-state index >= 15 is 0 Å². The van der Waals surface area contributed by atoms with Crippen molar-refractivity contribution >= 4 is 18.7 Å². The van der Waals surface area contributed by atoms with Crippen molar-refractivity contribution < 1.29 is 18.4 Å². The van der Waals surface area contributed by atoms with Gasteiger partial charge in [0.25, 0.3) is 0 Å². The van der Waals surface area contributed by atoms with Crippen molar-refractivity contribution in [3.05, 3.63) is 42.5 Å². The molecule has 0 spiro atoms. The van der Waals surface area contributed by atoms with Gasteiger partial charge in [0, 0.05) is 5.56 Å². The van der Waals surface area contributed by atoms with Crippen LogP contribution in [-0.2, 0) is 13.6 Å². The van der Waals surface area contributed by atoms with E-state index in [4.69, 9.17) is 9.05 Å². The first-order valence-electron chi connectivity index (χ1n) is 10.7. The molecule has 0 atom stereocenters. The fourth-order valence-electron chi connectivity index (χ4n) is 2.99. The molecule has 158 valence electrons. The molecule has 0 saturated heterocycles. The summed E-state index contributed by atoms with van der Waals surface area (Å²) in [5, 5.41) is 0.349. The molecule has 0 bridgehead atoms. The van der Waals surface area contributed by atoms with Gasteiger partial charge in [0.05, 0.1) is 18.5 Å². The molecule has 0 aliphatic heterocycles. The van der Waals surface area contributed by atoms with E-state index in [0.29, 0.717) is 24.1 Å². The van der Waals surface area contributed by atoms with Gasteiger partial charge in [-0.3, -0.25) is 9.36 Å². The van der Waals surface area contributed by atoms with Crippen LogP contribution in [0.2, 0.25) is 0 Å². The fraction of sp³-hybridized carbons (Fsp3) is 0.609. The molecule has 0 aliphatic rings. The molecule has 5 heteroatoms. The highest BCUT2D eigenvalue weighted by molar-refractivity contribution is 7.62. The number of unbranched alkanes of at least 4 members (excludes halogenated alkanes) is 8. The second kappa shape index (κ2) is 14.7.